The molecule has 1 heterocycles. The molecule has 0 aliphatic rings. The molecule has 0 unspecified atom stereocenters. The van der Waals surface area contributed by atoms with Crippen LogP contribution in [0, 0.1) is 5.82 Å². The van der Waals surface area contributed by atoms with Gasteiger partial charge in [-0.25, -0.2) is 4.39 Å². The number of hydrogen-bond donors (Lipinski definition) is 1. The minimum Gasteiger partial charge on any atom is -0.350 e. The van der Waals surface area contributed by atoms with Crippen molar-refractivity contribution in [3.63, 3.8) is 0 Å². The highest BCUT2D eigenvalue weighted by molar-refractivity contribution is 6.06. The van der Waals surface area contributed by atoms with Crippen LogP contribution in [0.2, 0.25) is 0 Å². The number of hydrogen-bond acceptors (Lipinski definition) is 3. The van der Waals surface area contributed by atoms with Gasteiger partial charge < -0.3 is 9.88 Å². The third kappa shape index (κ3) is 3.19. The van der Waals surface area contributed by atoms with Crippen LogP contribution in [0.1, 0.15) is 27.6 Å². The van der Waals surface area contributed by atoms with E-state index in [0.29, 0.717) is 16.8 Å². The van der Waals surface area contributed by atoms with Crippen molar-refractivity contribution < 1.29 is 14.0 Å². The van der Waals surface area contributed by atoms with E-state index < -0.39 is 17.2 Å². The van der Waals surface area contributed by atoms with Gasteiger partial charge in [-0.3, -0.25) is 14.4 Å². The van der Waals surface area contributed by atoms with Crippen LogP contribution in [0.5, 0.6) is 0 Å². The molecule has 0 saturated heterocycles. The molecule has 0 spiro atoms. The Morgan fingerprint density at radius 3 is 2.40 bits per heavy atom. The van der Waals surface area contributed by atoms with Crippen LogP contribution in [0.4, 0.5) is 10.1 Å². The Morgan fingerprint density at radius 2 is 1.76 bits per heavy atom. The zero-order chi connectivity index (χ0) is 18.1. The summed E-state index contributed by atoms with van der Waals surface area (Å²) in [6.45, 7) is 1.45. The SMILES string of the molecule is CC(=O)c1ccc(NC(=O)c2cn(C)c3ccc(F)cc3c2=O)cc1. The largest absolute Gasteiger partial charge is 0.350 e. The highest BCUT2D eigenvalue weighted by Gasteiger charge is 2.15. The zero-order valence-corrected chi connectivity index (χ0v) is 13.7. The third-order valence-corrected chi connectivity index (χ3v) is 3.94. The van der Waals surface area contributed by atoms with Gasteiger partial charge in [-0.2, -0.15) is 0 Å². The summed E-state index contributed by atoms with van der Waals surface area (Å²) in [7, 11) is 1.68. The fraction of sp³-hybridized carbons (Fsp3) is 0.105. The minimum absolute atomic E-state index is 0.0803. The Morgan fingerprint density at radius 1 is 1.08 bits per heavy atom. The van der Waals surface area contributed by atoms with E-state index in [1.165, 1.54) is 25.3 Å². The van der Waals surface area contributed by atoms with E-state index in [-0.39, 0.29) is 16.7 Å². The number of Topliss-reactive ketones (excluding diaryl/α,β-unsaturated/α-hetero) is 1. The van der Waals surface area contributed by atoms with Crippen molar-refractivity contribution in [3.05, 3.63) is 75.8 Å². The lowest BCUT2D eigenvalue weighted by Crippen LogP contribution is -2.23. The van der Waals surface area contributed by atoms with Gasteiger partial charge in [0, 0.05) is 29.9 Å². The number of benzene rings is 2. The lowest BCUT2D eigenvalue weighted by Gasteiger charge is -2.10. The van der Waals surface area contributed by atoms with Gasteiger partial charge in [0.25, 0.3) is 5.91 Å². The summed E-state index contributed by atoms with van der Waals surface area (Å²) in [5, 5.41) is 2.76. The van der Waals surface area contributed by atoms with Crippen LogP contribution in [0.15, 0.2) is 53.5 Å². The summed E-state index contributed by atoms with van der Waals surface area (Å²) in [6, 6.07) is 10.2. The number of halogens is 1. The number of anilines is 1. The van der Waals surface area contributed by atoms with E-state index >= 15 is 0 Å². The first kappa shape index (κ1) is 16.6. The molecule has 5 nitrogen and oxygen atoms in total. The van der Waals surface area contributed by atoms with Crippen molar-refractivity contribution in [2.24, 2.45) is 7.05 Å². The fourth-order valence-corrected chi connectivity index (χ4v) is 2.61. The number of carbonyl (C=O) groups is 2. The van der Waals surface area contributed by atoms with Crippen molar-refractivity contribution in [3.8, 4) is 0 Å². The number of pyridine rings is 1. The van der Waals surface area contributed by atoms with Crippen LogP contribution < -0.4 is 10.7 Å². The van der Waals surface area contributed by atoms with Crippen molar-refractivity contribution in [2.45, 2.75) is 6.92 Å². The lowest BCUT2D eigenvalue weighted by molar-refractivity contribution is 0.101. The van der Waals surface area contributed by atoms with Crippen LogP contribution in [-0.4, -0.2) is 16.3 Å². The molecule has 0 saturated carbocycles. The smallest absolute Gasteiger partial charge is 0.261 e. The molecular formula is C19H15FN2O3. The molecule has 25 heavy (non-hydrogen) atoms. The van der Waals surface area contributed by atoms with Gasteiger partial charge in [-0.1, -0.05) is 0 Å². The summed E-state index contributed by atoms with van der Waals surface area (Å²) in [5.41, 5.74) is 0.891. The first-order valence-corrected chi connectivity index (χ1v) is 7.58. The molecule has 0 bridgehead atoms. The quantitative estimate of drug-likeness (QED) is 0.746. The van der Waals surface area contributed by atoms with E-state index in [0.717, 1.165) is 6.07 Å². The summed E-state index contributed by atoms with van der Waals surface area (Å²) in [4.78, 5) is 36.2. The second-order valence-corrected chi connectivity index (χ2v) is 5.73. The number of ketones is 1. The molecule has 2 aromatic carbocycles. The maximum absolute atomic E-state index is 13.5. The average molecular weight is 338 g/mol. The van der Waals surface area contributed by atoms with Gasteiger partial charge >= 0.3 is 0 Å². The Balaban J connectivity index is 1.98. The highest BCUT2D eigenvalue weighted by atomic mass is 19.1. The Hall–Kier alpha value is -3.28. The second kappa shape index (κ2) is 6.32. The van der Waals surface area contributed by atoms with E-state index in [1.807, 2.05) is 0 Å². The van der Waals surface area contributed by atoms with Crippen molar-refractivity contribution in [1.29, 1.82) is 0 Å². The Labute approximate surface area is 142 Å². The molecule has 0 aliphatic heterocycles. The molecule has 0 aliphatic carbocycles. The molecule has 3 aromatic rings. The Bertz CT molecular complexity index is 1050. The molecule has 0 fully saturated rings. The van der Waals surface area contributed by atoms with Gasteiger partial charge in [0.15, 0.2) is 5.78 Å². The summed E-state index contributed by atoms with van der Waals surface area (Å²) >= 11 is 0. The standard InChI is InChI=1S/C19H15FN2O3/c1-11(23)12-3-6-14(7-4-12)21-19(25)16-10-22(2)17-8-5-13(20)9-15(17)18(16)24/h3-10H,1-2H3,(H,21,25). The van der Waals surface area contributed by atoms with Crippen molar-refractivity contribution in [1.82, 2.24) is 4.57 Å². The second-order valence-electron chi connectivity index (χ2n) is 5.73. The van der Waals surface area contributed by atoms with E-state index in [1.54, 1.807) is 35.9 Å². The van der Waals surface area contributed by atoms with Gasteiger partial charge in [0.2, 0.25) is 5.43 Å². The van der Waals surface area contributed by atoms with E-state index in [4.69, 9.17) is 0 Å². The van der Waals surface area contributed by atoms with Crippen LogP contribution >= 0.6 is 0 Å². The zero-order valence-electron chi connectivity index (χ0n) is 13.7. The molecule has 1 N–H and O–H groups in total. The predicted octanol–water partition coefficient (Wildman–Crippen LogP) is 3.13. The lowest BCUT2D eigenvalue weighted by atomic mass is 10.1. The van der Waals surface area contributed by atoms with Gasteiger partial charge in [-0.05, 0) is 49.4 Å². The summed E-state index contributed by atoms with van der Waals surface area (Å²) in [5.74, 6) is -1.22. The molecule has 126 valence electrons. The molecular weight excluding hydrogens is 323 g/mol. The normalized spacial score (nSPS) is 10.7. The first-order chi connectivity index (χ1) is 11.9. The molecule has 3 rings (SSSR count). The summed E-state index contributed by atoms with van der Waals surface area (Å²) < 4.78 is 15.1. The topological polar surface area (TPSA) is 68.2 Å². The monoisotopic (exact) mass is 338 g/mol. The number of aryl methyl sites for hydroxylation is 1. The number of nitrogens with zero attached hydrogens (tertiary/aromatic N) is 1. The molecule has 0 atom stereocenters. The fourth-order valence-electron chi connectivity index (χ4n) is 2.61. The average Bonchev–Trinajstić information content (AvgIpc) is 2.58. The number of aromatic nitrogens is 1. The molecule has 0 radical (unpaired) electrons. The van der Waals surface area contributed by atoms with Gasteiger partial charge in [0.05, 0.1) is 5.52 Å². The number of fused-ring (bicyclic) bond motifs is 1. The number of nitrogens with one attached hydrogen (secondary N) is 1. The number of rotatable bonds is 3. The summed E-state index contributed by atoms with van der Waals surface area (Å²) in [6.07, 6.45) is 1.42. The predicted molar refractivity (Wildman–Crippen MR) is 93.5 cm³/mol. The molecule has 1 amide bonds. The number of amides is 1. The maximum atomic E-state index is 13.5. The third-order valence-electron chi connectivity index (χ3n) is 3.94. The Kier molecular flexibility index (Phi) is 4.19. The number of carbonyl (C=O) groups excluding carboxylic acids is 2. The van der Waals surface area contributed by atoms with Crippen molar-refractivity contribution in [2.75, 3.05) is 5.32 Å². The van der Waals surface area contributed by atoms with Crippen molar-refractivity contribution >= 4 is 28.3 Å². The highest BCUT2D eigenvalue weighted by Crippen LogP contribution is 2.15. The maximum Gasteiger partial charge on any atom is 0.261 e. The van der Waals surface area contributed by atoms with Crippen LogP contribution in [-0.2, 0) is 7.05 Å². The van der Waals surface area contributed by atoms with Gasteiger partial charge in [-0.15, -0.1) is 0 Å². The minimum atomic E-state index is -0.595. The first-order valence-electron chi connectivity index (χ1n) is 7.58. The van der Waals surface area contributed by atoms with Crippen LogP contribution in [0.3, 0.4) is 0 Å². The van der Waals surface area contributed by atoms with Gasteiger partial charge in [0.1, 0.15) is 11.4 Å². The van der Waals surface area contributed by atoms with Crippen LogP contribution in [0.25, 0.3) is 10.9 Å². The molecule has 1 aromatic heterocycles. The molecule has 6 heteroatoms. The van der Waals surface area contributed by atoms with E-state index in [9.17, 15) is 18.8 Å². The van der Waals surface area contributed by atoms with E-state index in [2.05, 4.69) is 5.32 Å².